The smallest absolute Gasteiger partial charge is 0.255 e. The van der Waals surface area contributed by atoms with Crippen molar-refractivity contribution in [1.82, 2.24) is 4.98 Å². The van der Waals surface area contributed by atoms with Gasteiger partial charge in [-0.15, -0.1) is 0 Å². The monoisotopic (exact) mass is 289 g/mol. The molecule has 1 amide bonds. The molecule has 0 aliphatic carbocycles. The first-order chi connectivity index (χ1) is 9.49. The predicted molar refractivity (Wildman–Crippen MR) is 82.7 cm³/mol. The minimum Gasteiger partial charge on any atom is -0.378 e. The number of halogens is 1. The Morgan fingerprint density at radius 3 is 2.40 bits per heavy atom. The van der Waals surface area contributed by atoms with Gasteiger partial charge in [0.15, 0.2) is 5.15 Å². The van der Waals surface area contributed by atoms with Crippen LogP contribution in [0, 0.1) is 6.92 Å². The highest BCUT2D eigenvalue weighted by molar-refractivity contribution is 6.32. The van der Waals surface area contributed by atoms with Crippen LogP contribution >= 0.6 is 11.6 Å². The van der Waals surface area contributed by atoms with Crippen molar-refractivity contribution in [1.29, 1.82) is 0 Å². The molecule has 104 valence electrons. The lowest BCUT2D eigenvalue weighted by atomic mass is 10.1. The van der Waals surface area contributed by atoms with Crippen LogP contribution in [0.25, 0.3) is 0 Å². The predicted octanol–water partition coefficient (Wildman–Crippen LogP) is 3.36. The Kier molecular flexibility index (Phi) is 4.25. The van der Waals surface area contributed by atoms with Crippen LogP contribution in [0.2, 0.25) is 5.15 Å². The molecular weight excluding hydrogens is 274 g/mol. The third kappa shape index (κ3) is 3.08. The molecule has 2 rings (SSSR count). The fourth-order valence-electron chi connectivity index (χ4n) is 1.77. The number of pyridine rings is 1. The highest BCUT2D eigenvalue weighted by Gasteiger charge is 2.11. The zero-order valence-electron chi connectivity index (χ0n) is 11.6. The Morgan fingerprint density at radius 1 is 1.20 bits per heavy atom. The van der Waals surface area contributed by atoms with E-state index in [2.05, 4.69) is 10.3 Å². The molecule has 0 bridgehead atoms. The summed E-state index contributed by atoms with van der Waals surface area (Å²) in [4.78, 5) is 18.1. The number of carbonyl (C=O) groups excluding carboxylic acids is 1. The largest absolute Gasteiger partial charge is 0.378 e. The lowest BCUT2D eigenvalue weighted by Gasteiger charge is -2.13. The molecule has 2 aromatic rings. The Balaban J connectivity index is 2.20. The number of hydrogen-bond acceptors (Lipinski definition) is 3. The number of anilines is 2. The van der Waals surface area contributed by atoms with Crippen LogP contribution in [0.4, 0.5) is 11.4 Å². The number of nitrogens with one attached hydrogen (secondary N) is 1. The van der Waals surface area contributed by atoms with Crippen LogP contribution in [0.15, 0.2) is 36.5 Å². The molecule has 0 saturated carbocycles. The number of aromatic nitrogens is 1. The van der Waals surface area contributed by atoms with Crippen LogP contribution in [-0.4, -0.2) is 25.0 Å². The van der Waals surface area contributed by atoms with Crippen molar-refractivity contribution in [3.8, 4) is 0 Å². The maximum absolute atomic E-state index is 12.2. The molecule has 0 aliphatic heterocycles. The summed E-state index contributed by atoms with van der Waals surface area (Å²) >= 11 is 6.00. The molecule has 0 radical (unpaired) electrons. The van der Waals surface area contributed by atoms with Gasteiger partial charge in [0.2, 0.25) is 0 Å². The van der Waals surface area contributed by atoms with Crippen LogP contribution in [-0.2, 0) is 0 Å². The number of carbonyl (C=O) groups is 1. The van der Waals surface area contributed by atoms with Crippen molar-refractivity contribution in [3.05, 3.63) is 52.8 Å². The Bertz CT molecular complexity index is 603. The number of benzene rings is 1. The van der Waals surface area contributed by atoms with E-state index in [4.69, 9.17) is 11.6 Å². The van der Waals surface area contributed by atoms with Crippen molar-refractivity contribution >= 4 is 28.9 Å². The van der Waals surface area contributed by atoms with E-state index in [-0.39, 0.29) is 5.91 Å². The Morgan fingerprint density at radius 2 is 1.85 bits per heavy atom. The molecule has 4 nitrogen and oxygen atoms in total. The van der Waals surface area contributed by atoms with Gasteiger partial charge in [0, 0.05) is 31.5 Å². The molecule has 0 spiro atoms. The summed E-state index contributed by atoms with van der Waals surface area (Å²) in [5.41, 5.74) is 3.05. The SMILES string of the molecule is Cc1ccnc(Cl)c1NC(=O)c1ccc(N(C)C)cc1. The fourth-order valence-corrected chi connectivity index (χ4v) is 2.02. The van der Waals surface area contributed by atoms with E-state index in [0.29, 0.717) is 16.4 Å². The fraction of sp³-hybridized carbons (Fsp3) is 0.200. The van der Waals surface area contributed by atoms with E-state index in [1.54, 1.807) is 24.4 Å². The normalized spacial score (nSPS) is 10.2. The number of aryl methyl sites for hydroxylation is 1. The second-order valence-electron chi connectivity index (χ2n) is 4.69. The molecule has 0 fully saturated rings. The quantitative estimate of drug-likeness (QED) is 0.881. The van der Waals surface area contributed by atoms with Gasteiger partial charge in [-0.1, -0.05) is 11.6 Å². The van der Waals surface area contributed by atoms with Gasteiger partial charge < -0.3 is 10.2 Å². The number of amides is 1. The van der Waals surface area contributed by atoms with Gasteiger partial charge in [-0.3, -0.25) is 4.79 Å². The van der Waals surface area contributed by atoms with E-state index in [9.17, 15) is 4.79 Å². The highest BCUT2D eigenvalue weighted by atomic mass is 35.5. The van der Waals surface area contributed by atoms with Gasteiger partial charge in [0.25, 0.3) is 5.91 Å². The number of nitrogens with zero attached hydrogens (tertiary/aromatic N) is 2. The van der Waals surface area contributed by atoms with E-state index < -0.39 is 0 Å². The van der Waals surface area contributed by atoms with Crippen LogP contribution in [0.5, 0.6) is 0 Å². The lowest BCUT2D eigenvalue weighted by molar-refractivity contribution is 0.102. The molecule has 1 aromatic carbocycles. The molecule has 1 N–H and O–H groups in total. The summed E-state index contributed by atoms with van der Waals surface area (Å²) < 4.78 is 0. The molecule has 20 heavy (non-hydrogen) atoms. The minimum atomic E-state index is -0.201. The van der Waals surface area contributed by atoms with Crippen molar-refractivity contribution in [2.45, 2.75) is 6.92 Å². The number of rotatable bonds is 3. The van der Waals surface area contributed by atoms with Crippen LogP contribution in [0.3, 0.4) is 0 Å². The van der Waals surface area contributed by atoms with Crippen LogP contribution in [0.1, 0.15) is 15.9 Å². The Hall–Kier alpha value is -2.07. The summed E-state index contributed by atoms with van der Waals surface area (Å²) in [7, 11) is 3.90. The van der Waals surface area contributed by atoms with Gasteiger partial charge in [0.05, 0.1) is 5.69 Å². The number of hydrogen-bond donors (Lipinski definition) is 1. The van der Waals surface area contributed by atoms with Crippen molar-refractivity contribution in [3.63, 3.8) is 0 Å². The molecular formula is C15H16ClN3O. The van der Waals surface area contributed by atoms with E-state index in [1.165, 1.54) is 0 Å². The van der Waals surface area contributed by atoms with Crippen molar-refractivity contribution in [2.24, 2.45) is 0 Å². The van der Waals surface area contributed by atoms with Gasteiger partial charge in [-0.05, 0) is 42.8 Å². The van der Waals surface area contributed by atoms with Gasteiger partial charge in [0.1, 0.15) is 0 Å². The highest BCUT2D eigenvalue weighted by Crippen LogP contribution is 2.23. The van der Waals surface area contributed by atoms with Gasteiger partial charge in [-0.25, -0.2) is 4.98 Å². The zero-order chi connectivity index (χ0) is 14.7. The molecule has 0 atom stereocenters. The maximum atomic E-state index is 12.2. The van der Waals surface area contributed by atoms with E-state index >= 15 is 0 Å². The summed E-state index contributed by atoms with van der Waals surface area (Å²) in [6, 6.07) is 9.16. The third-order valence-corrected chi connectivity index (χ3v) is 3.28. The molecule has 1 heterocycles. The lowest BCUT2D eigenvalue weighted by Crippen LogP contribution is -2.14. The average molecular weight is 290 g/mol. The average Bonchev–Trinajstić information content (AvgIpc) is 2.43. The van der Waals surface area contributed by atoms with Crippen molar-refractivity contribution in [2.75, 3.05) is 24.3 Å². The molecule has 0 unspecified atom stereocenters. The van der Waals surface area contributed by atoms with Gasteiger partial charge >= 0.3 is 0 Å². The standard InChI is InChI=1S/C15H16ClN3O/c1-10-8-9-17-14(16)13(10)18-15(20)11-4-6-12(7-5-11)19(2)3/h4-9H,1-3H3,(H,18,20). The van der Waals surface area contributed by atoms with E-state index in [0.717, 1.165) is 11.3 Å². The molecule has 0 saturated heterocycles. The summed E-state index contributed by atoms with van der Waals surface area (Å²) in [5.74, 6) is -0.201. The molecule has 0 aliphatic rings. The molecule has 1 aromatic heterocycles. The maximum Gasteiger partial charge on any atom is 0.255 e. The minimum absolute atomic E-state index is 0.201. The molecule has 5 heteroatoms. The summed E-state index contributed by atoms with van der Waals surface area (Å²) in [5, 5.41) is 3.09. The first-order valence-corrected chi connectivity index (χ1v) is 6.56. The second kappa shape index (κ2) is 5.92. The Labute approximate surface area is 123 Å². The van der Waals surface area contributed by atoms with Crippen molar-refractivity contribution < 1.29 is 4.79 Å². The second-order valence-corrected chi connectivity index (χ2v) is 5.05. The van der Waals surface area contributed by atoms with E-state index in [1.807, 2.05) is 38.1 Å². The summed E-state index contributed by atoms with van der Waals surface area (Å²) in [6.45, 7) is 1.87. The topological polar surface area (TPSA) is 45.2 Å². The zero-order valence-corrected chi connectivity index (χ0v) is 12.4. The third-order valence-electron chi connectivity index (χ3n) is 3.00. The van der Waals surface area contributed by atoms with Gasteiger partial charge in [-0.2, -0.15) is 0 Å². The first kappa shape index (κ1) is 14.3. The first-order valence-electron chi connectivity index (χ1n) is 6.19. The van der Waals surface area contributed by atoms with Crippen LogP contribution < -0.4 is 10.2 Å². The summed E-state index contributed by atoms with van der Waals surface area (Å²) in [6.07, 6.45) is 1.61.